The Morgan fingerprint density at radius 2 is 2.26 bits per heavy atom. The van der Waals surface area contributed by atoms with Gasteiger partial charge >= 0.3 is 0 Å². The van der Waals surface area contributed by atoms with Gasteiger partial charge in [0.15, 0.2) is 0 Å². The molecule has 0 spiro atoms. The fourth-order valence-corrected chi connectivity index (χ4v) is 2.85. The Kier molecular flexibility index (Phi) is 4.01. The summed E-state index contributed by atoms with van der Waals surface area (Å²) in [5.74, 6) is -0.528. The number of fused-ring (bicyclic) bond motifs is 1. The molecule has 0 unspecified atom stereocenters. The first-order chi connectivity index (χ1) is 9.04. The lowest BCUT2D eigenvalue weighted by atomic mass is 10.2. The van der Waals surface area contributed by atoms with Crippen molar-refractivity contribution in [1.82, 2.24) is 4.90 Å². The molecular formula is C13H15FN2O2S. The molecule has 0 aliphatic carbocycles. The van der Waals surface area contributed by atoms with E-state index in [1.165, 1.54) is 23.5 Å². The lowest BCUT2D eigenvalue weighted by Gasteiger charge is -2.15. The topological polar surface area (TPSA) is 55.6 Å². The minimum absolute atomic E-state index is 0.170. The number of carbonyl (C=O) groups excluding carboxylic acids is 1. The zero-order valence-corrected chi connectivity index (χ0v) is 11.6. The minimum atomic E-state index is -0.358. The molecular weight excluding hydrogens is 267 g/mol. The highest BCUT2D eigenvalue weighted by atomic mass is 32.1. The number of thiophene rings is 1. The summed E-state index contributed by atoms with van der Waals surface area (Å²) in [6.45, 7) is 0.943. The van der Waals surface area contributed by atoms with Crippen LogP contribution in [0.15, 0.2) is 18.2 Å². The average molecular weight is 282 g/mol. The van der Waals surface area contributed by atoms with Crippen LogP contribution in [0.5, 0.6) is 0 Å². The van der Waals surface area contributed by atoms with E-state index in [0.29, 0.717) is 29.1 Å². The van der Waals surface area contributed by atoms with E-state index in [2.05, 4.69) is 0 Å². The van der Waals surface area contributed by atoms with Gasteiger partial charge in [0.2, 0.25) is 0 Å². The van der Waals surface area contributed by atoms with Gasteiger partial charge < -0.3 is 15.4 Å². The number of nitrogen functional groups attached to an aromatic ring is 1. The van der Waals surface area contributed by atoms with Crippen molar-refractivity contribution >= 4 is 33.0 Å². The maximum absolute atomic E-state index is 13.2. The Balaban J connectivity index is 2.34. The van der Waals surface area contributed by atoms with E-state index in [1.807, 2.05) is 0 Å². The highest BCUT2D eigenvalue weighted by molar-refractivity contribution is 7.21. The number of likely N-dealkylation sites (N-methyl/N-ethyl adjacent to an activating group) is 1. The van der Waals surface area contributed by atoms with Crippen LogP contribution in [0, 0.1) is 5.82 Å². The quantitative estimate of drug-likeness (QED) is 0.936. The summed E-state index contributed by atoms with van der Waals surface area (Å²) in [5.41, 5.74) is 6.28. The number of hydrogen-bond acceptors (Lipinski definition) is 4. The number of benzene rings is 1. The van der Waals surface area contributed by atoms with Crippen molar-refractivity contribution in [2.45, 2.75) is 0 Å². The Labute approximate surface area is 114 Å². The summed E-state index contributed by atoms with van der Waals surface area (Å²) in [5, 5.41) is 0.591. The third-order valence-corrected chi connectivity index (χ3v) is 4.03. The summed E-state index contributed by atoms with van der Waals surface area (Å²) in [6, 6.07) is 4.35. The van der Waals surface area contributed by atoms with Crippen LogP contribution in [0.25, 0.3) is 10.1 Å². The van der Waals surface area contributed by atoms with E-state index >= 15 is 0 Å². The van der Waals surface area contributed by atoms with E-state index in [-0.39, 0.29) is 11.7 Å². The Hall–Kier alpha value is -1.66. The van der Waals surface area contributed by atoms with Gasteiger partial charge in [-0.1, -0.05) is 0 Å². The molecule has 1 amide bonds. The fraction of sp³-hybridized carbons (Fsp3) is 0.308. The molecule has 1 heterocycles. The highest BCUT2D eigenvalue weighted by Crippen LogP contribution is 2.34. The van der Waals surface area contributed by atoms with Crippen LogP contribution in [-0.2, 0) is 4.74 Å². The first-order valence-electron chi connectivity index (χ1n) is 5.76. The summed E-state index contributed by atoms with van der Waals surface area (Å²) in [4.78, 5) is 14.2. The molecule has 0 saturated heterocycles. The number of halogens is 1. The lowest BCUT2D eigenvalue weighted by Crippen LogP contribution is -2.29. The predicted molar refractivity (Wildman–Crippen MR) is 75.0 cm³/mol. The Morgan fingerprint density at radius 1 is 1.53 bits per heavy atom. The molecule has 0 atom stereocenters. The number of anilines is 1. The molecule has 1 aromatic heterocycles. The summed E-state index contributed by atoms with van der Waals surface area (Å²) in [6.07, 6.45) is 0. The number of ether oxygens (including phenoxy) is 1. The highest BCUT2D eigenvalue weighted by Gasteiger charge is 2.19. The van der Waals surface area contributed by atoms with Gasteiger partial charge in [-0.2, -0.15) is 0 Å². The van der Waals surface area contributed by atoms with Crippen molar-refractivity contribution in [2.24, 2.45) is 0 Å². The number of amides is 1. The average Bonchev–Trinajstić information content (AvgIpc) is 2.72. The molecule has 19 heavy (non-hydrogen) atoms. The second-order valence-corrected chi connectivity index (χ2v) is 5.26. The second-order valence-electron chi connectivity index (χ2n) is 4.20. The molecule has 102 valence electrons. The fourth-order valence-electron chi connectivity index (χ4n) is 1.75. The molecule has 0 fully saturated rings. The van der Waals surface area contributed by atoms with E-state index in [4.69, 9.17) is 10.5 Å². The molecule has 0 saturated carbocycles. The van der Waals surface area contributed by atoms with Crippen LogP contribution < -0.4 is 5.73 Å². The maximum atomic E-state index is 13.2. The van der Waals surface area contributed by atoms with Crippen molar-refractivity contribution < 1.29 is 13.9 Å². The first kappa shape index (κ1) is 13.8. The van der Waals surface area contributed by atoms with Crippen molar-refractivity contribution in [3.05, 3.63) is 28.9 Å². The van der Waals surface area contributed by atoms with Gasteiger partial charge in [0.25, 0.3) is 5.91 Å². The van der Waals surface area contributed by atoms with E-state index in [1.54, 1.807) is 25.1 Å². The van der Waals surface area contributed by atoms with Crippen LogP contribution in [0.4, 0.5) is 10.1 Å². The third kappa shape index (κ3) is 2.69. The van der Waals surface area contributed by atoms with Gasteiger partial charge in [-0.25, -0.2) is 4.39 Å². The van der Waals surface area contributed by atoms with E-state index < -0.39 is 0 Å². The van der Waals surface area contributed by atoms with Gasteiger partial charge in [0, 0.05) is 30.8 Å². The van der Waals surface area contributed by atoms with Crippen molar-refractivity contribution in [3.63, 3.8) is 0 Å². The van der Waals surface area contributed by atoms with Crippen LogP contribution >= 0.6 is 11.3 Å². The number of nitrogens with zero attached hydrogens (tertiary/aromatic N) is 1. The summed E-state index contributed by atoms with van der Waals surface area (Å²) in [7, 11) is 3.26. The number of nitrogens with two attached hydrogens (primary N) is 1. The second kappa shape index (κ2) is 5.54. The van der Waals surface area contributed by atoms with Crippen molar-refractivity contribution in [1.29, 1.82) is 0 Å². The monoisotopic (exact) mass is 282 g/mol. The maximum Gasteiger partial charge on any atom is 0.265 e. The van der Waals surface area contributed by atoms with Crippen LogP contribution in [0.2, 0.25) is 0 Å². The summed E-state index contributed by atoms with van der Waals surface area (Å²) < 4.78 is 18.9. The normalized spacial score (nSPS) is 10.9. The van der Waals surface area contributed by atoms with Crippen LogP contribution in [-0.4, -0.2) is 38.1 Å². The first-order valence-corrected chi connectivity index (χ1v) is 6.58. The molecule has 4 nitrogen and oxygen atoms in total. The number of hydrogen-bond donors (Lipinski definition) is 1. The molecule has 2 aromatic rings. The minimum Gasteiger partial charge on any atom is -0.397 e. The number of rotatable bonds is 4. The molecule has 1 aromatic carbocycles. The van der Waals surface area contributed by atoms with Gasteiger partial charge in [-0.3, -0.25) is 4.79 Å². The zero-order chi connectivity index (χ0) is 14.0. The zero-order valence-electron chi connectivity index (χ0n) is 10.8. The SMILES string of the molecule is COCCN(C)C(=O)c1sc2ccc(F)cc2c1N. The van der Waals surface area contributed by atoms with Crippen LogP contribution in [0.3, 0.4) is 0 Å². The largest absolute Gasteiger partial charge is 0.397 e. The molecule has 6 heteroatoms. The van der Waals surface area contributed by atoms with Crippen molar-refractivity contribution in [3.8, 4) is 0 Å². The molecule has 2 N–H and O–H groups in total. The smallest absolute Gasteiger partial charge is 0.265 e. The van der Waals surface area contributed by atoms with E-state index in [9.17, 15) is 9.18 Å². The molecule has 2 rings (SSSR count). The lowest BCUT2D eigenvalue weighted by molar-refractivity contribution is 0.0750. The molecule has 0 radical (unpaired) electrons. The van der Waals surface area contributed by atoms with E-state index in [0.717, 1.165) is 4.70 Å². The Bertz CT molecular complexity index is 612. The van der Waals surface area contributed by atoms with Crippen LogP contribution in [0.1, 0.15) is 9.67 Å². The standard InChI is InChI=1S/C13H15FN2O2S/c1-16(5-6-18-2)13(17)12-11(15)9-7-8(14)3-4-10(9)19-12/h3-4,7H,5-6,15H2,1-2H3. The molecule has 0 bridgehead atoms. The number of methoxy groups -OCH3 is 1. The Morgan fingerprint density at radius 3 is 2.95 bits per heavy atom. The predicted octanol–water partition coefficient (Wildman–Crippen LogP) is 2.34. The summed E-state index contributed by atoms with van der Waals surface area (Å²) >= 11 is 1.28. The third-order valence-electron chi connectivity index (χ3n) is 2.86. The molecule has 0 aliphatic heterocycles. The van der Waals surface area contributed by atoms with Gasteiger partial charge in [-0.05, 0) is 18.2 Å². The molecule has 0 aliphatic rings. The van der Waals surface area contributed by atoms with Gasteiger partial charge in [-0.15, -0.1) is 11.3 Å². The van der Waals surface area contributed by atoms with Gasteiger partial charge in [0.05, 0.1) is 12.3 Å². The number of carbonyl (C=O) groups is 1. The van der Waals surface area contributed by atoms with Gasteiger partial charge in [0.1, 0.15) is 10.7 Å². The van der Waals surface area contributed by atoms with Crippen molar-refractivity contribution in [2.75, 3.05) is 33.0 Å².